The number of imidazole rings is 1. The number of carbonyl (C=O) groups excluding carboxylic acids is 1. The molecule has 0 saturated heterocycles. The molecule has 0 radical (unpaired) electrons. The quantitative estimate of drug-likeness (QED) is 0.702. The Kier molecular flexibility index (Phi) is 2.52. The third-order valence-electron chi connectivity index (χ3n) is 4.40. The summed E-state index contributed by atoms with van der Waals surface area (Å²) in [4.78, 5) is 19.8. The van der Waals surface area contributed by atoms with Crippen LogP contribution in [0.1, 0.15) is 29.8 Å². The maximum atomic E-state index is 11.8. The molecule has 0 saturated carbocycles. The molecule has 0 amide bonds. The second kappa shape index (κ2) is 4.22. The van der Waals surface area contributed by atoms with Crippen LogP contribution in [0.2, 0.25) is 0 Å². The second-order valence-corrected chi connectivity index (χ2v) is 6.39. The fourth-order valence-corrected chi connectivity index (χ4v) is 3.48. The van der Waals surface area contributed by atoms with Gasteiger partial charge in [-0.1, -0.05) is 13.8 Å². The highest BCUT2D eigenvalue weighted by atomic mass is 16.5. The third kappa shape index (κ3) is 1.65. The molecule has 0 fully saturated rings. The van der Waals surface area contributed by atoms with Crippen LogP contribution in [0.5, 0.6) is 0 Å². The van der Waals surface area contributed by atoms with E-state index in [0.717, 1.165) is 29.0 Å². The maximum absolute atomic E-state index is 11.8. The van der Waals surface area contributed by atoms with Gasteiger partial charge in [0.25, 0.3) is 0 Å². The van der Waals surface area contributed by atoms with E-state index in [1.54, 1.807) is 6.07 Å². The molecule has 112 valence electrons. The fourth-order valence-electron chi connectivity index (χ4n) is 3.48. The van der Waals surface area contributed by atoms with Crippen LogP contribution in [0.4, 0.5) is 0 Å². The summed E-state index contributed by atoms with van der Waals surface area (Å²) in [7, 11) is 1.40. The number of hydrogen-bond acceptors (Lipinski definition) is 3. The van der Waals surface area contributed by atoms with Gasteiger partial charge in [-0.2, -0.15) is 0 Å². The highest BCUT2D eigenvalue weighted by Gasteiger charge is 2.35. The van der Waals surface area contributed by atoms with Crippen molar-refractivity contribution in [3.63, 3.8) is 0 Å². The zero-order valence-corrected chi connectivity index (χ0v) is 12.8. The van der Waals surface area contributed by atoms with Gasteiger partial charge in [0.15, 0.2) is 5.82 Å². The van der Waals surface area contributed by atoms with Crippen molar-refractivity contribution in [2.45, 2.75) is 25.8 Å². The normalized spacial score (nSPS) is 15.4. The molecule has 0 atom stereocenters. The van der Waals surface area contributed by atoms with E-state index in [0.29, 0.717) is 5.56 Å². The number of aromatic nitrogens is 3. The van der Waals surface area contributed by atoms with Crippen LogP contribution in [0.25, 0.3) is 22.4 Å². The van der Waals surface area contributed by atoms with Crippen molar-refractivity contribution in [2.24, 2.45) is 0 Å². The predicted octanol–water partition coefficient (Wildman–Crippen LogP) is 3.11. The highest BCUT2D eigenvalue weighted by molar-refractivity contribution is 5.98. The van der Waals surface area contributed by atoms with E-state index in [1.807, 2.05) is 24.5 Å². The van der Waals surface area contributed by atoms with Gasteiger partial charge in [-0.3, -0.25) is 0 Å². The monoisotopic (exact) mass is 295 g/mol. The molecule has 0 unspecified atom stereocenters. The van der Waals surface area contributed by atoms with Crippen LogP contribution >= 0.6 is 0 Å². The largest absolute Gasteiger partial charge is 0.465 e. The Morgan fingerprint density at radius 3 is 3.00 bits per heavy atom. The molecule has 1 aromatic carbocycles. The molecule has 0 aliphatic carbocycles. The molecule has 4 rings (SSSR count). The smallest absolute Gasteiger partial charge is 0.337 e. The summed E-state index contributed by atoms with van der Waals surface area (Å²) >= 11 is 0. The minimum Gasteiger partial charge on any atom is -0.465 e. The van der Waals surface area contributed by atoms with Crippen LogP contribution in [0.3, 0.4) is 0 Å². The number of hydrogen-bond donors (Lipinski definition) is 1. The van der Waals surface area contributed by atoms with Crippen LogP contribution in [0, 0.1) is 0 Å². The van der Waals surface area contributed by atoms with E-state index in [4.69, 9.17) is 4.74 Å². The molecule has 5 nitrogen and oxygen atoms in total. The minimum absolute atomic E-state index is 0.0456. The molecule has 3 aromatic rings. The van der Waals surface area contributed by atoms with Gasteiger partial charge in [0.2, 0.25) is 0 Å². The molecule has 0 spiro atoms. The number of methoxy groups -OCH3 is 1. The van der Waals surface area contributed by atoms with Gasteiger partial charge in [0, 0.05) is 35.3 Å². The van der Waals surface area contributed by atoms with E-state index in [9.17, 15) is 4.79 Å². The number of aromatic amines is 1. The Balaban J connectivity index is 2.04. The first-order valence-electron chi connectivity index (χ1n) is 7.27. The molecular formula is C17H17N3O2. The number of H-pyrrole nitrogens is 1. The molecule has 22 heavy (non-hydrogen) atoms. The van der Waals surface area contributed by atoms with Gasteiger partial charge in [-0.25, -0.2) is 9.78 Å². The fraction of sp³-hybridized carbons (Fsp3) is 0.294. The summed E-state index contributed by atoms with van der Waals surface area (Å²) in [5.41, 5.74) is 3.80. The molecule has 2 aromatic heterocycles. The first-order valence-corrected chi connectivity index (χ1v) is 7.27. The summed E-state index contributed by atoms with van der Waals surface area (Å²) in [6, 6.07) is 5.63. The number of nitrogens with one attached hydrogen (secondary N) is 1. The SMILES string of the molecule is COC(=O)c1ccc2[nH]c3c(c2c1)C(C)(C)Cn1ccnc1-3. The van der Waals surface area contributed by atoms with Crippen LogP contribution in [0.15, 0.2) is 30.6 Å². The number of benzene rings is 1. The number of rotatable bonds is 1. The number of carbonyl (C=O) groups is 1. The maximum Gasteiger partial charge on any atom is 0.337 e. The Morgan fingerprint density at radius 1 is 1.41 bits per heavy atom. The topological polar surface area (TPSA) is 59.9 Å². The molecule has 5 heteroatoms. The van der Waals surface area contributed by atoms with E-state index in [2.05, 4.69) is 28.4 Å². The summed E-state index contributed by atoms with van der Waals surface area (Å²) in [6.45, 7) is 5.30. The van der Waals surface area contributed by atoms with Crippen molar-refractivity contribution < 1.29 is 9.53 Å². The third-order valence-corrected chi connectivity index (χ3v) is 4.40. The van der Waals surface area contributed by atoms with Crippen molar-refractivity contribution in [3.8, 4) is 11.5 Å². The first-order chi connectivity index (χ1) is 10.5. The molecule has 1 aliphatic heterocycles. The van der Waals surface area contributed by atoms with E-state index in [1.165, 1.54) is 12.7 Å². The lowest BCUT2D eigenvalue weighted by atomic mass is 9.80. The lowest BCUT2D eigenvalue weighted by molar-refractivity contribution is 0.0601. The number of ether oxygens (including phenoxy) is 1. The molecule has 1 N–H and O–H groups in total. The van der Waals surface area contributed by atoms with Crippen molar-refractivity contribution >= 4 is 16.9 Å². The van der Waals surface area contributed by atoms with Gasteiger partial charge in [-0.05, 0) is 23.8 Å². The van der Waals surface area contributed by atoms with Gasteiger partial charge in [0.1, 0.15) is 0 Å². The summed E-state index contributed by atoms with van der Waals surface area (Å²) in [6.07, 6.45) is 3.83. The number of nitrogens with zero attached hydrogens (tertiary/aromatic N) is 2. The lowest BCUT2D eigenvalue weighted by Gasteiger charge is -2.31. The van der Waals surface area contributed by atoms with Crippen molar-refractivity contribution in [3.05, 3.63) is 41.7 Å². The van der Waals surface area contributed by atoms with Crippen molar-refractivity contribution in [1.82, 2.24) is 14.5 Å². The number of esters is 1. The Hall–Kier alpha value is -2.56. The average molecular weight is 295 g/mol. The van der Waals surface area contributed by atoms with E-state index in [-0.39, 0.29) is 11.4 Å². The summed E-state index contributed by atoms with van der Waals surface area (Å²) in [5.74, 6) is 0.636. The molecular weight excluding hydrogens is 278 g/mol. The zero-order chi connectivity index (χ0) is 15.5. The van der Waals surface area contributed by atoms with Crippen molar-refractivity contribution in [1.29, 1.82) is 0 Å². The van der Waals surface area contributed by atoms with Gasteiger partial charge < -0.3 is 14.3 Å². The Bertz CT molecular complexity index is 902. The van der Waals surface area contributed by atoms with Crippen LogP contribution in [-0.2, 0) is 16.7 Å². The van der Waals surface area contributed by atoms with Crippen LogP contribution in [-0.4, -0.2) is 27.6 Å². The standard InChI is InChI=1S/C17H17N3O2/c1-17(2)9-20-7-6-18-15(20)14-13(17)11-8-10(16(21)22-3)4-5-12(11)19-14/h4-8,19H,9H2,1-3H3. The predicted molar refractivity (Wildman–Crippen MR) is 83.9 cm³/mol. The first kappa shape index (κ1) is 13.1. The van der Waals surface area contributed by atoms with E-state index < -0.39 is 0 Å². The second-order valence-electron chi connectivity index (χ2n) is 6.39. The molecule has 0 bridgehead atoms. The molecule has 1 aliphatic rings. The molecule has 3 heterocycles. The highest BCUT2D eigenvalue weighted by Crippen LogP contribution is 2.43. The zero-order valence-electron chi connectivity index (χ0n) is 12.8. The Morgan fingerprint density at radius 2 is 2.23 bits per heavy atom. The van der Waals surface area contributed by atoms with Gasteiger partial charge >= 0.3 is 5.97 Å². The van der Waals surface area contributed by atoms with Gasteiger partial charge in [0.05, 0.1) is 18.4 Å². The average Bonchev–Trinajstić information content (AvgIpc) is 3.08. The van der Waals surface area contributed by atoms with E-state index >= 15 is 0 Å². The van der Waals surface area contributed by atoms with Crippen LogP contribution < -0.4 is 0 Å². The minimum atomic E-state index is -0.313. The van der Waals surface area contributed by atoms with Gasteiger partial charge in [-0.15, -0.1) is 0 Å². The number of fused-ring (bicyclic) bond motifs is 5. The summed E-state index contributed by atoms with van der Waals surface area (Å²) in [5, 5.41) is 1.07. The van der Waals surface area contributed by atoms with Crippen molar-refractivity contribution in [2.75, 3.05) is 7.11 Å². The Labute approximate surface area is 127 Å². The lowest BCUT2D eigenvalue weighted by Crippen LogP contribution is -2.29. The summed E-state index contributed by atoms with van der Waals surface area (Å²) < 4.78 is 7.00.